The molecule has 0 bridgehead atoms. The number of amides is 1. The maximum absolute atomic E-state index is 12.9. The lowest BCUT2D eigenvalue weighted by molar-refractivity contribution is -0.129. The summed E-state index contributed by atoms with van der Waals surface area (Å²) >= 11 is 0. The number of hydrogen-bond donors (Lipinski definition) is 1. The molecule has 0 aromatic heterocycles. The van der Waals surface area contributed by atoms with Gasteiger partial charge in [0.25, 0.3) is 0 Å². The third kappa shape index (κ3) is 2.43. The molecule has 4 heteroatoms. The van der Waals surface area contributed by atoms with E-state index in [0.717, 1.165) is 43.4 Å². The molecule has 1 aromatic rings. The minimum absolute atomic E-state index is 0.212. The molecule has 0 radical (unpaired) electrons. The van der Waals surface area contributed by atoms with Crippen LogP contribution in [0, 0.1) is 5.41 Å². The molecule has 0 unspecified atom stereocenters. The van der Waals surface area contributed by atoms with Gasteiger partial charge in [-0.2, -0.15) is 0 Å². The number of hydrogen-bond acceptors (Lipinski definition) is 2. The van der Waals surface area contributed by atoms with E-state index in [2.05, 4.69) is 6.92 Å². The van der Waals surface area contributed by atoms with Crippen LogP contribution in [-0.4, -0.2) is 23.5 Å². The number of nitrogens with zero attached hydrogens (tertiary/aromatic N) is 1. The van der Waals surface area contributed by atoms with E-state index < -0.39 is 5.97 Å². The summed E-state index contributed by atoms with van der Waals surface area (Å²) in [5, 5.41) is 9.06. The normalized spacial score (nSPS) is 20.1. The second-order valence-electron chi connectivity index (χ2n) is 6.48. The van der Waals surface area contributed by atoms with Crippen LogP contribution in [0.1, 0.15) is 54.9 Å². The average Bonchev–Trinajstić information content (AvgIpc) is 2.90. The smallest absolute Gasteiger partial charge is 0.335 e. The van der Waals surface area contributed by atoms with Crippen molar-refractivity contribution in [1.29, 1.82) is 0 Å². The maximum atomic E-state index is 12.9. The Balaban J connectivity index is 1.87. The van der Waals surface area contributed by atoms with Gasteiger partial charge in [-0.25, -0.2) is 4.79 Å². The largest absolute Gasteiger partial charge is 0.478 e. The molecule has 1 aliphatic carbocycles. The van der Waals surface area contributed by atoms with E-state index >= 15 is 0 Å². The Labute approximate surface area is 124 Å². The number of rotatable bonds is 2. The molecule has 0 saturated heterocycles. The predicted molar refractivity (Wildman–Crippen MR) is 80.7 cm³/mol. The van der Waals surface area contributed by atoms with E-state index in [1.165, 1.54) is 6.42 Å². The van der Waals surface area contributed by atoms with Gasteiger partial charge in [0.05, 0.1) is 5.56 Å². The first kappa shape index (κ1) is 14.1. The molecule has 4 nitrogen and oxygen atoms in total. The second-order valence-corrected chi connectivity index (χ2v) is 6.48. The Morgan fingerprint density at radius 1 is 1.19 bits per heavy atom. The minimum Gasteiger partial charge on any atom is -0.478 e. The summed E-state index contributed by atoms with van der Waals surface area (Å²) in [5.41, 5.74) is 1.93. The van der Waals surface area contributed by atoms with Gasteiger partial charge >= 0.3 is 5.97 Å². The zero-order chi connectivity index (χ0) is 15.0. The number of carboxylic acids is 1. The molecule has 1 N–H and O–H groups in total. The second kappa shape index (κ2) is 5.17. The van der Waals surface area contributed by atoms with Crippen LogP contribution in [0.5, 0.6) is 0 Å². The van der Waals surface area contributed by atoms with E-state index in [1.807, 2.05) is 4.90 Å². The van der Waals surface area contributed by atoms with Gasteiger partial charge in [-0.05, 0) is 43.0 Å². The maximum Gasteiger partial charge on any atom is 0.335 e. The number of carbonyl (C=O) groups excluding carboxylic acids is 1. The predicted octanol–water partition coefficient (Wildman–Crippen LogP) is 3.24. The fourth-order valence-corrected chi connectivity index (χ4v) is 3.62. The Bertz CT molecular complexity index is 588. The van der Waals surface area contributed by atoms with Crippen molar-refractivity contribution in [3.63, 3.8) is 0 Å². The van der Waals surface area contributed by atoms with Crippen LogP contribution in [0.25, 0.3) is 0 Å². The molecule has 21 heavy (non-hydrogen) atoms. The van der Waals surface area contributed by atoms with Crippen LogP contribution < -0.4 is 4.90 Å². The Morgan fingerprint density at radius 3 is 2.57 bits per heavy atom. The van der Waals surface area contributed by atoms with Crippen LogP contribution in [0.3, 0.4) is 0 Å². The van der Waals surface area contributed by atoms with Crippen molar-refractivity contribution in [1.82, 2.24) is 0 Å². The van der Waals surface area contributed by atoms with Crippen LogP contribution >= 0.6 is 0 Å². The fourth-order valence-electron chi connectivity index (χ4n) is 3.62. The Morgan fingerprint density at radius 2 is 1.90 bits per heavy atom. The molecule has 1 fully saturated rings. The van der Waals surface area contributed by atoms with Gasteiger partial charge in [-0.15, -0.1) is 0 Å². The van der Waals surface area contributed by atoms with Gasteiger partial charge in [0.2, 0.25) is 5.91 Å². The number of carbonyl (C=O) groups is 2. The van der Waals surface area contributed by atoms with E-state index in [4.69, 9.17) is 5.11 Å². The third-order valence-corrected chi connectivity index (χ3v) is 4.94. The summed E-state index contributed by atoms with van der Waals surface area (Å²) < 4.78 is 0. The molecule has 0 spiro atoms. The molecular weight excluding hydrogens is 266 g/mol. The van der Waals surface area contributed by atoms with Gasteiger partial charge in [0.15, 0.2) is 0 Å². The van der Waals surface area contributed by atoms with Crippen LogP contribution in [-0.2, 0) is 11.2 Å². The number of anilines is 1. The summed E-state index contributed by atoms with van der Waals surface area (Å²) in [4.78, 5) is 25.8. The molecule has 1 amide bonds. The number of benzene rings is 1. The van der Waals surface area contributed by atoms with Crippen molar-refractivity contribution in [3.05, 3.63) is 29.3 Å². The van der Waals surface area contributed by atoms with Crippen LogP contribution in [0.4, 0.5) is 5.69 Å². The molecular formula is C17H21NO3. The monoisotopic (exact) mass is 287 g/mol. The first-order valence-corrected chi connectivity index (χ1v) is 7.69. The van der Waals surface area contributed by atoms with Gasteiger partial charge in [0.1, 0.15) is 0 Å². The lowest BCUT2D eigenvalue weighted by atomic mass is 9.74. The Kier molecular flexibility index (Phi) is 3.47. The van der Waals surface area contributed by atoms with Crippen molar-refractivity contribution in [3.8, 4) is 0 Å². The average molecular weight is 287 g/mol. The van der Waals surface area contributed by atoms with Crippen molar-refractivity contribution in [2.75, 3.05) is 11.4 Å². The van der Waals surface area contributed by atoms with Crippen LogP contribution in [0.2, 0.25) is 0 Å². The molecule has 1 saturated carbocycles. The summed E-state index contributed by atoms with van der Waals surface area (Å²) in [6.07, 6.45) is 6.15. The van der Waals surface area contributed by atoms with E-state index in [9.17, 15) is 9.59 Å². The highest BCUT2D eigenvalue weighted by atomic mass is 16.4. The summed E-state index contributed by atoms with van der Waals surface area (Å²) in [5.74, 6) is -0.703. The summed E-state index contributed by atoms with van der Waals surface area (Å²) in [6, 6.07) is 5.08. The van der Waals surface area contributed by atoms with Gasteiger partial charge in [-0.1, -0.05) is 26.2 Å². The zero-order valence-corrected chi connectivity index (χ0v) is 12.4. The van der Waals surface area contributed by atoms with Crippen molar-refractivity contribution in [2.24, 2.45) is 5.41 Å². The summed E-state index contributed by atoms with van der Waals surface area (Å²) in [6.45, 7) is 2.75. The molecule has 2 aliphatic rings. The molecule has 3 rings (SSSR count). The minimum atomic E-state index is -0.915. The quantitative estimate of drug-likeness (QED) is 0.908. The van der Waals surface area contributed by atoms with E-state index in [1.54, 1.807) is 18.2 Å². The van der Waals surface area contributed by atoms with Gasteiger partial charge < -0.3 is 10.0 Å². The number of fused-ring (bicyclic) bond motifs is 1. The molecule has 112 valence electrons. The molecule has 1 aromatic carbocycles. The first-order chi connectivity index (χ1) is 10.0. The highest BCUT2D eigenvalue weighted by Crippen LogP contribution is 2.40. The fraction of sp³-hybridized carbons (Fsp3) is 0.529. The summed E-state index contributed by atoms with van der Waals surface area (Å²) in [7, 11) is 0. The third-order valence-electron chi connectivity index (χ3n) is 4.94. The Hall–Kier alpha value is -1.84. The van der Waals surface area contributed by atoms with Gasteiger partial charge in [0, 0.05) is 17.6 Å². The highest BCUT2D eigenvalue weighted by molar-refractivity contribution is 6.00. The highest BCUT2D eigenvalue weighted by Gasteiger charge is 2.39. The molecule has 1 heterocycles. The number of aromatic carboxylic acids is 1. The van der Waals surface area contributed by atoms with Crippen molar-refractivity contribution >= 4 is 17.6 Å². The lowest BCUT2D eigenvalue weighted by Gasteiger charge is -2.35. The molecule has 0 atom stereocenters. The SMILES string of the molecule is CC1(C(=O)N2CCc3cc(C(=O)O)ccc32)CCCCC1. The van der Waals surface area contributed by atoms with Crippen molar-refractivity contribution < 1.29 is 14.7 Å². The van der Waals surface area contributed by atoms with Crippen LogP contribution in [0.15, 0.2) is 18.2 Å². The zero-order valence-electron chi connectivity index (χ0n) is 12.4. The van der Waals surface area contributed by atoms with E-state index in [0.29, 0.717) is 12.1 Å². The number of carboxylic acid groups (broad SMARTS) is 1. The van der Waals surface area contributed by atoms with Gasteiger partial charge in [-0.3, -0.25) is 4.79 Å². The standard InChI is InChI=1S/C17H21NO3/c1-17(8-3-2-4-9-17)16(21)18-10-7-12-11-13(15(19)20)5-6-14(12)18/h5-6,11H,2-4,7-10H2,1H3,(H,19,20). The molecule has 1 aliphatic heterocycles. The topological polar surface area (TPSA) is 57.6 Å². The van der Waals surface area contributed by atoms with Crippen molar-refractivity contribution in [2.45, 2.75) is 45.4 Å². The lowest BCUT2D eigenvalue weighted by Crippen LogP contribution is -2.42. The first-order valence-electron chi connectivity index (χ1n) is 7.69. The van der Waals surface area contributed by atoms with E-state index in [-0.39, 0.29) is 11.3 Å².